The summed E-state index contributed by atoms with van der Waals surface area (Å²) in [5, 5.41) is 13.7. The molecule has 1 heterocycles. The van der Waals surface area contributed by atoms with Gasteiger partial charge in [-0.2, -0.15) is 8.78 Å². The van der Waals surface area contributed by atoms with Crippen LogP contribution in [0.25, 0.3) is 10.9 Å². The van der Waals surface area contributed by atoms with Crippen molar-refractivity contribution in [2.45, 2.75) is 64.2 Å². The normalized spacial score (nSPS) is 15.2. The second-order valence-corrected chi connectivity index (χ2v) is 9.73. The van der Waals surface area contributed by atoms with Gasteiger partial charge >= 0.3 is 5.92 Å². The van der Waals surface area contributed by atoms with Gasteiger partial charge in [-0.3, -0.25) is 0 Å². The zero-order valence-electron chi connectivity index (χ0n) is 20.7. The van der Waals surface area contributed by atoms with Gasteiger partial charge in [0.1, 0.15) is 23.9 Å². The lowest BCUT2D eigenvalue weighted by Crippen LogP contribution is -2.40. The first kappa shape index (κ1) is 26.0. The first-order chi connectivity index (χ1) is 16.8. The number of fused-ring (bicyclic) bond motifs is 1. The Morgan fingerprint density at radius 2 is 1.86 bits per heavy atom. The summed E-state index contributed by atoms with van der Waals surface area (Å²) in [4.78, 5) is 8.77. The number of anilines is 2. The van der Waals surface area contributed by atoms with Gasteiger partial charge in [-0.25, -0.2) is 14.4 Å². The Morgan fingerprint density at radius 1 is 1.14 bits per heavy atom. The van der Waals surface area contributed by atoms with Crippen LogP contribution in [0.4, 0.5) is 24.7 Å². The lowest BCUT2D eigenvalue weighted by molar-refractivity contribution is -0.168. The fourth-order valence-electron chi connectivity index (χ4n) is 3.82. The van der Waals surface area contributed by atoms with Gasteiger partial charge in [-0.05, 0) is 70.4 Å². The maximum atomic E-state index is 14.8. The molecule has 1 saturated carbocycles. The van der Waals surface area contributed by atoms with Gasteiger partial charge in [0.15, 0.2) is 11.6 Å². The van der Waals surface area contributed by atoms with Crippen molar-refractivity contribution in [2.75, 3.05) is 24.3 Å². The van der Waals surface area contributed by atoms with E-state index >= 15 is 0 Å². The molecule has 10 heteroatoms. The molecular weight excluding hydrogens is 473 g/mol. The second kappa shape index (κ2) is 9.74. The standard InChI is InChI=1S/C26H31F3N4O3/c1-14(16-9-17(11-18(30)10-16)26(28,29)25(3,4)34)31-24-20-12-23(36-8-7-35-19-5-6-19)21(27)13-22(20)32-15(2)33-24/h9-14,19,34H,5-8,30H2,1-4H3,(H,31,32,33)/t14-/m1/s1. The Morgan fingerprint density at radius 3 is 2.53 bits per heavy atom. The number of aryl methyl sites for hydroxylation is 1. The average molecular weight is 505 g/mol. The number of halogens is 3. The van der Waals surface area contributed by atoms with Gasteiger partial charge in [0.05, 0.1) is 24.3 Å². The Kier molecular flexibility index (Phi) is 7.03. The third-order valence-electron chi connectivity index (χ3n) is 6.04. The first-order valence-electron chi connectivity index (χ1n) is 11.8. The summed E-state index contributed by atoms with van der Waals surface area (Å²) in [6, 6.07) is 6.31. The van der Waals surface area contributed by atoms with Gasteiger partial charge in [0.2, 0.25) is 0 Å². The highest BCUT2D eigenvalue weighted by atomic mass is 19.3. The molecule has 1 aliphatic carbocycles. The largest absolute Gasteiger partial charge is 0.488 e. The van der Waals surface area contributed by atoms with E-state index in [1.54, 1.807) is 19.9 Å². The fourth-order valence-corrected chi connectivity index (χ4v) is 3.82. The highest BCUT2D eigenvalue weighted by Gasteiger charge is 2.47. The fraction of sp³-hybridized carbons (Fsp3) is 0.462. The number of nitrogens with one attached hydrogen (secondary N) is 1. The number of hydrogen-bond acceptors (Lipinski definition) is 7. The van der Waals surface area contributed by atoms with Crippen molar-refractivity contribution in [1.29, 1.82) is 0 Å². The van der Waals surface area contributed by atoms with E-state index in [9.17, 15) is 18.3 Å². The van der Waals surface area contributed by atoms with Crippen LogP contribution in [0.5, 0.6) is 5.75 Å². The van der Waals surface area contributed by atoms with Crippen LogP contribution in [0.15, 0.2) is 30.3 Å². The molecule has 1 fully saturated rings. The van der Waals surface area contributed by atoms with Crippen LogP contribution in [-0.4, -0.2) is 40.0 Å². The second-order valence-electron chi connectivity index (χ2n) is 9.73. The molecule has 2 aromatic carbocycles. The molecule has 4 N–H and O–H groups in total. The van der Waals surface area contributed by atoms with Crippen LogP contribution < -0.4 is 15.8 Å². The van der Waals surface area contributed by atoms with Crippen molar-refractivity contribution in [3.63, 3.8) is 0 Å². The van der Waals surface area contributed by atoms with E-state index in [0.29, 0.717) is 34.7 Å². The van der Waals surface area contributed by atoms with Crippen molar-refractivity contribution in [3.8, 4) is 5.75 Å². The summed E-state index contributed by atoms with van der Waals surface area (Å²) in [6.45, 7) is 6.10. The van der Waals surface area contributed by atoms with Crippen LogP contribution >= 0.6 is 0 Å². The number of alkyl halides is 2. The SMILES string of the molecule is Cc1nc(N[C@H](C)c2cc(N)cc(C(F)(F)C(C)(C)O)c2)c2cc(OCCOC3CC3)c(F)cc2n1. The van der Waals surface area contributed by atoms with Gasteiger partial charge in [0, 0.05) is 22.7 Å². The molecule has 7 nitrogen and oxygen atoms in total. The summed E-state index contributed by atoms with van der Waals surface area (Å²) in [6.07, 6.45) is 2.36. The minimum atomic E-state index is -3.53. The molecule has 194 valence electrons. The predicted octanol–water partition coefficient (Wildman–Crippen LogP) is 5.25. The quantitative estimate of drug-likeness (QED) is 0.256. The number of benzene rings is 2. The molecule has 0 unspecified atom stereocenters. The number of nitrogens with two attached hydrogens (primary N) is 1. The van der Waals surface area contributed by atoms with Crippen molar-refractivity contribution in [3.05, 3.63) is 53.1 Å². The average Bonchev–Trinajstić information content (AvgIpc) is 3.60. The molecule has 36 heavy (non-hydrogen) atoms. The molecule has 3 aromatic rings. The van der Waals surface area contributed by atoms with Crippen molar-refractivity contribution in [1.82, 2.24) is 9.97 Å². The first-order valence-corrected chi connectivity index (χ1v) is 11.8. The van der Waals surface area contributed by atoms with Gasteiger partial charge in [0.25, 0.3) is 0 Å². The topological polar surface area (TPSA) is 103 Å². The molecule has 4 rings (SSSR count). The van der Waals surface area contributed by atoms with E-state index in [0.717, 1.165) is 32.8 Å². The molecule has 1 aliphatic rings. The molecule has 0 spiro atoms. The smallest absolute Gasteiger partial charge is 0.300 e. The van der Waals surface area contributed by atoms with Crippen molar-refractivity contribution < 1.29 is 27.8 Å². The van der Waals surface area contributed by atoms with Gasteiger partial charge in [-0.1, -0.05) is 0 Å². The molecule has 0 radical (unpaired) electrons. The Bertz CT molecular complexity index is 1260. The maximum Gasteiger partial charge on any atom is 0.300 e. The third-order valence-corrected chi connectivity index (χ3v) is 6.04. The predicted molar refractivity (Wildman–Crippen MR) is 132 cm³/mol. The summed E-state index contributed by atoms with van der Waals surface area (Å²) >= 11 is 0. The van der Waals surface area contributed by atoms with E-state index in [-0.39, 0.29) is 24.1 Å². The number of hydrogen-bond donors (Lipinski definition) is 3. The third kappa shape index (κ3) is 5.65. The van der Waals surface area contributed by atoms with Crippen LogP contribution in [-0.2, 0) is 10.7 Å². The van der Waals surface area contributed by atoms with E-state index in [1.165, 1.54) is 18.2 Å². The number of rotatable bonds is 10. The summed E-state index contributed by atoms with van der Waals surface area (Å²) in [5.74, 6) is -3.24. The summed E-state index contributed by atoms with van der Waals surface area (Å²) in [7, 11) is 0. The zero-order valence-corrected chi connectivity index (χ0v) is 20.7. The van der Waals surface area contributed by atoms with E-state index in [2.05, 4.69) is 15.3 Å². The van der Waals surface area contributed by atoms with Crippen molar-refractivity contribution >= 4 is 22.4 Å². The molecule has 0 bridgehead atoms. The van der Waals surface area contributed by atoms with E-state index in [1.807, 2.05) is 0 Å². The van der Waals surface area contributed by atoms with Crippen LogP contribution in [0, 0.1) is 12.7 Å². The highest BCUT2D eigenvalue weighted by molar-refractivity contribution is 5.90. The van der Waals surface area contributed by atoms with Crippen LogP contribution in [0.2, 0.25) is 0 Å². The Labute approximate surface area is 207 Å². The maximum absolute atomic E-state index is 14.8. The lowest BCUT2D eigenvalue weighted by atomic mass is 9.91. The van der Waals surface area contributed by atoms with E-state index < -0.39 is 28.9 Å². The van der Waals surface area contributed by atoms with Crippen LogP contribution in [0.1, 0.15) is 56.6 Å². The molecule has 0 aliphatic heterocycles. The Balaban J connectivity index is 1.62. The molecular formula is C26H31F3N4O3. The van der Waals surface area contributed by atoms with Crippen LogP contribution in [0.3, 0.4) is 0 Å². The van der Waals surface area contributed by atoms with E-state index in [4.69, 9.17) is 15.2 Å². The highest BCUT2D eigenvalue weighted by Crippen LogP contribution is 2.40. The molecule has 0 saturated heterocycles. The lowest BCUT2D eigenvalue weighted by Gasteiger charge is -2.30. The number of ether oxygens (including phenoxy) is 2. The zero-order chi connectivity index (χ0) is 26.3. The minimum Gasteiger partial charge on any atom is -0.488 e. The number of nitrogens with zero attached hydrogens (tertiary/aromatic N) is 2. The monoisotopic (exact) mass is 504 g/mol. The van der Waals surface area contributed by atoms with Crippen molar-refractivity contribution in [2.24, 2.45) is 0 Å². The number of nitrogen functional groups attached to an aromatic ring is 1. The Hall–Kier alpha value is -3.11. The van der Waals surface area contributed by atoms with Gasteiger partial charge < -0.3 is 25.6 Å². The molecule has 0 amide bonds. The molecule has 1 atom stereocenters. The minimum absolute atomic E-state index is 0.0427. The molecule has 1 aromatic heterocycles. The number of aromatic nitrogens is 2. The summed E-state index contributed by atoms with van der Waals surface area (Å²) in [5.41, 5.74) is 4.23. The number of aliphatic hydroxyl groups is 1. The van der Waals surface area contributed by atoms with Gasteiger partial charge in [-0.15, -0.1) is 0 Å². The summed E-state index contributed by atoms with van der Waals surface area (Å²) < 4.78 is 55.4.